The van der Waals surface area contributed by atoms with Gasteiger partial charge in [-0.2, -0.15) is 0 Å². The second-order valence-corrected chi connectivity index (χ2v) is 4.52. The summed E-state index contributed by atoms with van der Waals surface area (Å²) in [5.74, 6) is -0.874. The molecule has 2 N–H and O–H groups in total. The fourth-order valence-electron chi connectivity index (χ4n) is 1.80. The number of benzene rings is 1. The lowest BCUT2D eigenvalue weighted by atomic mass is 9.94. The highest BCUT2D eigenvalue weighted by Gasteiger charge is 2.26. The summed E-state index contributed by atoms with van der Waals surface area (Å²) in [4.78, 5) is 3.76. The van der Waals surface area contributed by atoms with Crippen molar-refractivity contribution in [1.82, 2.24) is 4.98 Å². The van der Waals surface area contributed by atoms with Crippen LogP contribution in [-0.2, 0) is 5.54 Å². The number of hydrogen-bond donors (Lipinski definition) is 2. The zero-order chi connectivity index (χ0) is 13.9. The van der Waals surface area contributed by atoms with Gasteiger partial charge in [-0.1, -0.05) is 6.07 Å². The molecule has 100 valence electrons. The van der Waals surface area contributed by atoms with Crippen molar-refractivity contribution in [2.75, 3.05) is 11.9 Å². The highest BCUT2D eigenvalue weighted by molar-refractivity contribution is 5.47. The first-order chi connectivity index (χ1) is 9.03. The van der Waals surface area contributed by atoms with Gasteiger partial charge in [0.2, 0.25) is 0 Å². The second kappa shape index (κ2) is 5.32. The van der Waals surface area contributed by atoms with Gasteiger partial charge in [0, 0.05) is 17.4 Å². The van der Waals surface area contributed by atoms with E-state index in [0.29, 0.717) is 11.3 Å². The van der Waals surface area contributed by atoms with E-state index in [9.17, 15) is 13.9 Å². The van der Waals surface area contributed by atoms with E-state index in [-0.39, 0.29) is 12.4 Å². The zero-order valence-corrected chi connectivity index (χ0v) is 10.4. The molecule has 0 radical (unpaired) electrons. The highest BCUT2D eigenvalue weighted by Crippen LogP contribution is 2.26. The predicted molar refractivity (Wildman–Crippen MR) is 68.7 cm³/mol. The molecular formula is C14H14F2N2O. The summed E-state index contributed by atoms with van der Waals surface area (Å²) in [6.07, 6.45) is 2.55. The van der Waals surface area contributed by atoms with Gasteiger partial charge in [0.15, 0.2) is 0 Å². The molecule has 0 amide bonds. The minimum absolute atomic E-state index is 0.283. The number of aliphatic hydroxyl groups is 1. The van der Waals surface area contributed by atoms with Crippen LogP contribution in [0.3, 0.4) is 0 Å². The predicted octanol–water partition coefficient (Wildman–Crippen LogP) is 2.68. The quantitative estimate of drug-likeness (QED) is 0.892. The Hall–Kier alpha value is -2.01. The molecule has 1 aromatic heterocycles. The number of halogens is 2. The number of nitrogens with one attached hydrogen (secondary N) is 1. The smallest absolute Gasteiger partial charge is 0.141 e. The largest absolute Gasteiger partial charge is 0.394 e. The minimum atomic E-state index is -0.942. The van der Waals surface area contributed by atoms with Crippen molar-refractivity contribution in [1.29, 1.82) is 0 Å². The van der Waals surface area contributed by atoms with Gasteiger partial charge in [0.1, 0.15) is 11.6 Å². The summed E-state index contributed by atoms with van der Waals surface area (Å²) in [5.41, 5.74) is 0.0446. The molecule has 19 heavy (non-hydrogen) atoms. The number of hydrogen-bond acceptors (Lipinski definition) is 3. The number of aliphatic hydroxyl groups excluding tert-OH is 1. The molecule has 1 unspecified atom stereocenters. The van der Waals surface area contributed by atoms with E-state index in [4.69, 9.17) is 0 Å². The van der Waals surface area contributed by atoms with Crippen molar-refractivity contribution in [2.24, 2.45) is 0 Å². The van der Waals surface area contributed by atoms with Gasteiger partial charge in [0.05, 0.1) is 18.3 Å². The Morgan fingerprint density at radius 1 is 1.21 bits per heavy atom. The Morgan fingerprint density at radius 3 is 2.63 bits per heavy atom. The van der Waals surface area contributed by atoms with Gasteiger partial charge < -0.3 is 10.4 Å². The maximum atomic E-state index is 13.2. The molecule has 0 spiro atoms. The van der Waals surface area contributed by atoms with Gasteiger partial charge in [-0.25, -0.2) is 8.78 Å². The Kier molecular flexibility index (Phi) is 3.76. The molecule has 2 rings (SSSR count). The Balaban J connectivity index is 2.32. The molecule has 3 nitrogen and oxygen atoms in total. The normalized spacial score (nSPS) is 13.9. The maximum Gasteiger partial charge on any atom is 0.141 e. The van der Waals surface area contributed by atoms with Crippen LogP contribution in [0.1, 0.15) is 12.5 Å². The highest BCUT2D eigenvalue weighted by atomic mass is 19.1. The molecule has 0 bridgehead atoms. The van der Waals surface area contributed by atoms with Crippen LogP contribution >= 0.6 is 0 Å². The average Bonchev–Trinajstić information content (AvgIpc) is 2.38. The molecule has 5 heteroatoms. The van der Waals surface area contributed by atoms with Crippen LogP contribution < -0.4 is 5.32 Å². The molecule has 0 saturated heterocycles. The van der Waals surface area contributed by atoms with Gasteiger partial charge >= 0.3 is 0 Å². The molecule has 2 aromatic rings. The van der Waals surface area contributed by atoms with E-state index in [1.54, 1.807) is 19.1 Å². The average molecular weight is 264 g/mol. The third-order valence-corrected chi connectivity index (χ3v) is 2.90. The van der Waals surface area contributed by atoms with Crippen LogP contribution in [0.15, 0.2) is 42.7 Å². The van der Waals surface area contributed by atoms with Gasteiger partial charge in [-0.3, -0.25) is 4.98 Å². The number of anilines is 1. The molecule has 0 aliphatic carbocycles. The molecule has 0 saturated carbocycles. The number of rotatable bonds is 4. The summed E-state index contributed by atoms with van der Waals surface area (Å²) < 4.78 is 26.3. The van der Waals surface area contributed by atoms with Crippen LogP contribution in [-0.4, -0.2) is 16.7 Å². The fourth-order valence-corrected chi connectivity index (χ4v) is 1.80. The van der Waals surface area contributed by atoms with Gasteiger partial charge in [0.25, 0.3) is 0 Å². The molecular weight excluding hydrogens is 250 g/mol. The zero-order valence-electron chi connectivity index (χ0n) is 10.4. The van der Waals surface area contributed by atoms with Gasteiger partial charge in [-0.05, 0) is 31.2 Å². The van der Waals surface area contributed by atoms with Crippen LogP contribution in [0.5, 0.6) is 0 Å². The first-order valence-corrected chi connectivity index (χ1v) is 5.79. The molecule has 1 heterocycles. The maximum absolute atomic E-state index is 13.2. The van der Waals surface area contributed by atoms with Crippen molar-refractivity contribution < 1.29 is 13.9 Å². The lowest BCUT2D eigenvalue weighted by Gasteiger charge is -2.30. The first-order valence-electron chi connectivity index (χ1n) is 5.79. The molecule has 0 fully saturated rings. The van der Waals surface area contributed by atoms with Crippen LogP contribution in [0.2, 0.25) is 0 Å². The number of nitrogens with zero attached hydrogens (tertiary/aromatic N) is 1. The van der Waals surface area contributed by atoms with E-state index < -0.39 is 11.4 Å². The van der Waals surface area contributed by atoms with Crippen molar-refractivity contribution in [2.45, 2.75) is 12.5 Å². The standard InChI is InChI=1S/C14H14F2N2O/c1-14(9-19,10-5-12(16)8-17-7-10)18-13-4-2-3-11(15)6-13/h2-8,18-19H,9H2,1H3. The van der Waals surface area contributed by atoms with Crippen molar-refractivity contribution in [3.05, 3.63) is 59.9 Å². The van der Waals surface area contributed by atoms with E-state index in [0.717, 1.165) is 6.20 Å². The third kappa shape index (κ3) is 3.06. The molecule has 0 aliphatic heterocycles. The summed E-state index contributed by atoms with van der Waals surface area (Å²) in [7, 11) is 0. The van der Waals surface area contributed by atoms with Crippen LogP contribution in [0, 0.1) is 11.6 Å². The van der Waals surface area contributed by atoms with Gasteiger partial charge in [-0.15, -0.1) is 0 Å². The molecule has 1 aromatic carbocycles. The van der Waals surface area contributed by atoms with Crippen molar-refractivity contribution >= 4 is 5.69 Å². The van der Waals surface area contributed by atoms with Crippen LogP contribution in [0.25, 0.3) is 0 Å². The lowest BCUT2D eigenvalue weighted by Crippen LogP contribution is -2.36. The van der Waals surface area contributed by atoms with Crippen molar-refractivity contribution in [3.8, 4) is 0 Å². The van der Waals surface area contributed by atoms with Crippen LogP contribution in [0.4, 0.5) is 14.5 Å². The molecule has 0 aliphatic rings. The Bertz CT molecular complexity index is 577. The van der Waals surface area contributed by atoms with E-state index in [1.807, 2.05) is 0 Å². The summed E-state index contributed by atoms with van der Waals surface area (Å²) >= 11 is 0. The van der Waals surface area contributed by atoms with E-state index in [2.05, 4.69) is 10.3 Å². The first kappa shape index (κ1) is 13.4. The monoisotopic (exact) mass is 264 g/mol. The third-order valence-electron chi connectivity index (χ3n) is 2.90. The molecule has 1 atom stereocenters. The lowest BCUT2D eigenvalue weighted by molar-refractivity contribution is 0.223. The Labute approximate surface area is 109 Å². The number of aromatic nitrogens is 1. The fraction of sp³-hybridized carbons (Fsp3) is 0.214. The number of pyridine rings is 1. The van der Waals surface area contributed by atoms with E-state index >= 15 is 0 Å². The summed E-state index contributed by atoms with van der Waals surface area (Å²) in [6.45, 7) is 1.41. The van der Waals surface area contributed by atoms with E-state index in [1.165, 1.54) is 24.4 Å². The SMILES string of the molecule is CC(CO)(Nc1cccc(F)c1)c1cncc(F)c1. The second-order valence-electron chi connectivity index (χ2n) is 4.52. The topological polar surface area (TPSA) is 45.1 Å². The van der Waals surface area contributed by atoms with Crippen molar-refractivity contribution in [3.63, 3.8) is 0 Å². The minimum Gasteiger partial charge on any atom is -0.394 e. The summed E-state index contributed by atoms with van der Waals surface area (Å²) in [5, 5.41) is 12.5. The summed E-state index contributed by atoms with van der Waals surface area (Å²) in [6, 6.07) is 7.14. The Morgan fingerprint density at radius 2 is 2.00 bits per heavy atom.